The number of aliphatic carboxylic acids is 1. The van der Waals surface area contributed by atoms with E-state index in [2.05, 4.69) is 0 Å². The third kappa shape index (κ3) is 3.66. The Morgan fingerprint density at radius 1 is 1.23 bits per heavy atom. The van der Waals surface area contributed by atoms with Gasteiger partial charge in [-0.1, -0.05) is 12.1 Å². The molecule has 2 unspecified atom stereocenters. The van der Waals surface area contributed by atoms with Crippen LogP contribution in [0.2, 0.25) is 0 Å². The van der Waals surface area contributed by atoms with Crippen molar-refractivity contribution in [2.45, 2.75) is 26.2 Å². The highest BCUT2D eigenvalue weighted by molar-refractivity contribution is 6.01. The van der Waals surface area contributed by atoms with Crippen molar-refractivity contribution >= 4 is 23.5 Å². The van der Waals surface area contributed by atoms with Crippen LogP contribution in [0.5, 0.6) is 5.75 Å². The molecule has 0 aliphatic carbocycles. The third-order valence-electron chi connectivity index (χ3n) is 5.01. The second kappa shape index (κ2) is 7.76. The van der Waals surface area contributed by atoms with Crippen LogP contribution in [-0.4, -0.2) is 54.0 Å². The van der Waals surface area contributed by atoms with Gasteiger partial charge in [-0.25, -0.2) is 0 Å². The second-order valence-electron chi connectivity index (χ2n) is 6.77. The number of carboxylic acid groups (broad SMARTS) is 1. The highest BCUT2D eigenvalue weighted by Crippen LogP contribution is 2.34. The number of nitrogens with zero attached hydrogens (tertiary/aromatic N) is 2. The van der Waals surface area contributed by atoms with Crippen LogP contribution >= 0.6 is 0 Å². The van der Waals surface area contributed by atoms with Crippen LogP contribution in [-0.2, 0) is 14.4 Å². The maximum absolute atomic E-state index is 12.8. The molecular formula is C19H24N2O5. The lowest BCUT2D eigenvalue weighted by atomic mass is 9.96. The fraction of sp³-hybridized carbons (Fsp3) is 0.526. The molecule has 2 aliphatic heterocycles. The molecule has 2 saturated heterocycles. The molecule has 140 valence electrons. The predicted molar refractivity (Wildman–Crippen MR) is 95.0 cm³/mol. The maximum Gasteiger partial charge on any atom is 0.308 e. The molecular weight excluding hydrogens is 336 g/mol. The summed E-state index contributed by atoms with van der Waals surface area (Å²) in [5, 5.41) is 9.20. The summed E-state index contributed by atoms with van der Waals surface area (Å²) in [6.07, 6.45) is 1.42. The van der Waals surface area contributed by atoms with E-state index in [-0.39, 0.29) is 24.8 Å². The van der Waals surface area contributed by atoms with Crippen LogP contribution in [0.1, 0.15) is 26.2 Å². The standard InChI is InChI=1S/C19H24N2O5/c1-2-26-16-8-4-3-7-15(16)21-12-14(10-17(21)22)18(23)20-9-5-6-13(11-20)19(24)25/h3-4,7-8,13-14H,2,5-6,9-12H2,1H3,(H,24,25). The molecule has 1 aromatic rings. The zero-order chi connectivity index (χ0) is 18.7. The van der Waals surface area contributed by atoms with E-state index < -0.39 is 17.8 Å². The molecule has 2 heterocycles. The molecule has 1 N–H and O–H groups in total. The van der Waals surface area contributed by atoms with Crippen molar-refractivity contribution in [3.8, 4) is 5.75 Å². The topological polar surface area (TPSA) is 87.2 Å². The lowest BCUT2D eigenvalue weighted by Gasteiger charge is -2.32. The van der Waals surface area contributed by atoms with E-state index in [0.29, 0.717) is 44.0 Å². The van der Waals surface area contributed by atoms with Crippen molar-refractivity contribution in [2.24, 2.45) is 11.8 Å². The predicted octanol–water partition coefficient (Wildman–Crippen LogP) is 1.76. The van der Waals surface area contributed by atoms with Crippen molar-refractivity contribution in [3.63, 3.8) is 0 Å². The molecule has 2 amide bonds. The van der Waals surface area contributed by atoms with E-state index in [1.165, 1.54) is 0 Å². The van der Waals surface area contributed by atoms with Gasteiger partial charge in [-0.05, 0) is 31.9 Å². The average molecular weight is 360 g/mol. The van der Waals surface area contributed by atoms with Gasteiger partial charge in [-0.3, -0.25) is 14.4 Å². The van der Waals surface area contributed by atoms with Gasteiger partial charge in [0, 0.05) is 26.1 Å². The molecule has 26 heavy (non-hydrogen) atoms. The van der Waals surface area contributed by atoms with Crippen molar-refractivity contribution in [1.29, 1.82) is 0 Å². The average Bonchev–Trinajstić information content (AvgIpc) is 3.03. The molecule has 3 rings (SSSR count). The smallest absolute Gasteiger partial charge is 0.308 e. The van der Waals surface area contributed by atoms with E-state index >= 15 is 0 Å². The quantitative estimate of drug-likeness (QED) is 0.865. The SMILES string of the molecule is CCOc1ccccc1N1CC(C(=O)N2CCCC(C(=O)O)C2)CC1=O. The highest BCUT2D eigenvalue weighted by atomic mass is 16.5. The first kappa shape index (κ1) is 18.2. The Bertz CT molecular complexity index is 705. The first-order valence-corrected chi connectivity index (χ1v) is 9.05. The maximum atomic E-state index is 12.8. The summed E-state index contributed by atoms with van der Waals surface area (Å²) in [6.45, 7) is 3.46. The first-order chi connectivity index (χ1) is 12.5. The molecule has 7 nitrogen and oxygen atoms in total. The number of amides is 2. The van der Waals surface area contributed by atoms with Crippen LogP contribution < -0.4 is 9.64 Å². The monoisotopic (exact) mass is 360 g/mol. The molecule has 2 atom stereocenters. The molecule has 0 radical (unpaired) electrons. The number of hydrogen-bond acceptors (Lipinski definition) is 4. The molecule has 2 aliphatic rings. The number of benzene rings is 1. The number of carboxylic acids is 1. The number of ether oxygens (including phenoxy) is 1. The van der Waals surface area contributed by atoms with Crippen LogP contribution in [0.25, 0.3) is 0 Å². The highest BCUT2D eigenvalue weighted by Gasteiger charge is 2.39. The number of anilines is 1. The Balaban J connectivity index is 1.71. The molecule has 0 bridgehead atoms. The molecule has 2 fully saturated rings. The van der Waals surface area contributed by atoms with Gasteiger partial charge in [0.25, 0.3) is 0 Å². The van der Waals surface area contributed by atoms with Gasteiger partial charge in [-0.15, -0.1) is 0 Å². The minimum absolute atomic E-state index is 0.109. The van der Waals surface area contributed by atoms with E-state index in [0.717, 1.165) is 0 Å². The Morgan fingerprint density at radius 3 is 2.73 bits per heavy atom. The summed E-state index contributed by atoms with van der Waals surface area (Å²) in [4.78, 5) is 39.8. The van der Waals surface area contributed by atoms with Gasteiger partial charge in [0.05, 0.1) is 24.1 Å². The third-order valence-corrected chi connectivity index (χ3v) is 5.01. The normalized spacial score (nSPS) is 23.2. The number of carbonyl (C=O) groups excluding carboxylic acids is 2. The summed E-state index contributed by atoms with van der Waals surface area (Å²) in [6, 6.07) is 7.31. The van der Waals surface area contributed by atoms with Crippen LogP contribution in [0.4, 0.5) is 5.69 Å². The number of rotatable bonds is 5. The summed E-state index contributed by atoms with van der Waals surface area (Å²) in [5.41, 5.74) is 0.678. The van der Waals surface area contributed by atoms with Crippen LogP contribution in [0, 0.1) is 11.8 Å². The van der Waals surface area contributed by atoms with Gasteiger partial charge in [0.2, 0.25) is 11.8 Å². The van der Waals surface area contributed by atoms with Gasteiger partial charge in [-0.2, -0.15) is 0 Å². The van der Waals surface area contributed by atoms with E-state index in [1.807, 2.05) is 31.2 Å². The second-order valence-corrected chi connectivity index (χ2v) is 6.77. The van der Waals surface area contributed by atoms with Crippen molar-refractivity contribution in [2.75, 3.05) is 31.1 Å². The fourth-order valence-corrected chi connectivity index (χ4v) is 3.70. The van der Waals surface area contributed by atoms with Crippen molar-refractivity contribution < 1.29 is 24.2 Å². The summed E-state index contributed by atoms with van der Waals surface area (Å²) in [5.74, 6) is -1.43. The van der Waals surface area contributed by atoms with E-state index in [4.69, 9.17) is 4.74 Å². The Hall–Kier alpha value is -2.57. The minimum atomic E-state index is -0.864. The molecule has 0 saturated carbocycles. The lowest BCUT2D eigenvalue weighted by molar-refractivity contribution is -0.146. The van der Waals surface area contributed by atoms with E-state index in [1.54, 1.807) is 9.80 Å². The van der Waals surface area contributed by atoms with Gasteiger partial charge in [0.1, 0.15) is 5.75 Å². The number of para-hydroxylation sites is 2. The zero-order valence-electron chi connectivity index (χ0n) is 14.9. The molecule has 1 aromatic carbocycles. The van der Waals surface area contributed by atoms with E-state index in [9.17, 15) is 19.5 Å². The first-order valence-electron chi connectivity index (χ1n) is 9.05. The number of piperidine rings is 1. The molecule has 7 heteroatoms. The number of hydrogen-bond donors (Lipinski definition) is 1. The van der Waals surface area contributed by atoms with Crippen LogP contribution in [0.3, 0.4) is 0 Å². The number of carbonyl (C=O) groups is 3. The Labute approximate surface area is 152 Å². The number of likely N-dealkylation sites (tertiary alicyclic amines) is 1. The van der Waals surface area contributed by atoms with Crippen molar-refractivity contribution in [1.82, 2.24) is 4.90 Å². The largest absolute Gasteiger partial charge is 0.492 e. The minimum Gasteiger partial charge on any atom is -0.492 e. The summed E-state index contributed by atoms with van der Waals surface area (Å²) < 4.78 is 5.60. The van der Waals surface area contributed by atoms with Gasteiger partial charge < -0.3 is 19.6 Å². The Morgan fingerprint density at radius 2 is 2.00 bits per heavy atom. The van der Waals surface area contributed by atoms with Crippen molar-refractivity contribution in [3.05, 3.63) is 24.3 Å². The molecule has 0 spiro atoms. The van der Waals surface area contributed by atoms with Gasteiger partial charge >= 0.3 is 5.97 Å². The summed E-state index contributed by atoms with van der Waals surface area (Å²) in [7, 11) is 0. The fourth-order valence-electron chi connectivity index (χ4n) is 3.70. The summed E-state index contributed by atoms with van der Waals surface area (Å²) >= 11 is 0. The zero-order valence-corrected chi connectivity index (χ0v) is 14.9. The van der Waals surface area contributed by atoms with Gasteiger partial charge in [0.15, 0.2) is 0 Å². The lowest BCUT2D eigenvalue weighted by Crippen LogP contribution is -2.45. The Kier molecular flexibility index (Phi) is 5.44. The van der Waals surface area contributed by atoms with Crippen LogP contribution in [0.15, 0.2) is 24.3 Å². The molecule has 0 aromatic heterocycles.